The van der Waals surface area contributed by atoms with E-state index in [2.05, 4.69) is 10.2 Å². The Hall–Kier alpha value is -0.120. The summed E-state index contributed by atoms with van der Waals surface area (Å²) in [5.41, 5.74) is -0.409. The van der Waals surface area contributed by atoms with Gasteiger partial charge in [-0.1, -0.05) is 0 Å². The van der Waals surface area contributed by atoms with Gasteiger partial charge in [-0.25, -0.2) is 0 Å². The van der Waals surface area contributed by atoms with Crippen LogP contribution < -0.4 is 5.32 Å². The number of rotatable bonds is 2. The van der Waals surface area contributed by atoms with Crippen LogP contribution in [0.25, 0.3) is 0 Å². The standard InChI is InChI=1S/C11H22N2O/c14-11(4-3-6-12-7-5-11)10-13-8-1-2-9-13/h12,14H,1-10H2/t11-/m1/s1. The van der Waals surface area contributed by atoms with Crippen molar-refractivity contribution < 1.29 is 5.11 Å². The van der Waals surface area contributed by atoms with Crippen molar-refractivity contribution >= 4 is 0 Å². The van der Waals surface area contributed by atoms with Crippen molar-refractivity contribution in [3.05, 3.63) is 0 Å². The van der Waals surface area contributed by atoms with Crippen LogP contribution in [0.4, 0.5) is 0 Å². The van der Waals surface area contributed by atoms with E-state index in [0.717, 1.165) is 38.9 Å². The highest BCUT2D eigenvalue weighted by atomic mass is 16.3. The molecule has 0 spiro atoms. The molecule has 0 aromatic heterocycles. The minimum Gasteiger partial charge on any atom is -0.389 e. The highest BCUT2D eigenvalue weighted by Gasteiger charge is 2.30. The molecule has 1 atom stereocenters. The molecular weight excluding hydrogens is 176 g/mol. The van der Waals surface area contributed by atoms with Gasteiger partial charge in [-0.2, -0.15) is 0 Å². The maximum Gasteiger partial charge on any atom is 0.0786 e. The first-order chi connectivity index (χ1) is 6.79. The fourth-order valence-electron chi connectivity index (χ4n) is 2.63. The number of likely N-dealkylation sites (tertiary alicyclic amines) is 1. The second-order valence-electron chi connectivity index (χ2n) is 4.81. The molecule has 2 rings (SSSR count). The third-order valence-corrected chi connectivity index (χ3v) is 3.48. The van der Waals surface area contributed by atoms with Crippen molar-refractivity contribution in [1.29, 1.82) is 0 Å². The van der Waals surface area contributed by atoms with Crippen LogP contribution in [0, 0.1) is 0 Å². The largest absolute Gasteiger partial charge is 0.389 e. The van der Waals surface area contributed by atoms with Gasteiger partial charge in [0.15, 0.2) is 0 Å². The summed E-state index contributed by atoms with van der Waals surface area (Å²) in [5, 5.41) is 13.8. The van der Waals surface area contributed by atoms with Crippen LogP contribution in [0.3, 0.4) is 0 Å². The second kappa shape index (κ2) is 4.60. The smallest absolute Gasteiger partial charge is 0.0786 e. The first-order valence-electron chi connectivity index (χ1n) is 5.94. The Morgan fingerprint density at radius 3 is 2.64 bits per heavy atom. The van der Waals surface area contributed by atoms with E-state index in [1.54, 1.807) is 0 Å². The van der Waals surface area contributed by atoms with E-state index in [-0.39, 0.29) is 0 Å². The van der Waals surface area contributed by atoms with Gasteiger partial charge in [0, 0.05) is 6.54 Å². The summed E-state index contributed by atoms with van der Waals surface area (Å²) in [5.74, 6) is 0. The van der Waals surface area contributed by atoms with Crippen molar-refractivity contribution in [2.24, 2.45) is 0 Å². The lowest BCUT2D eigenvalue weighted by molar-refractivity contribution is -0.00106. The van der Waals surface area contributed by atoms with Crippen LogP contribution in [0.2, 0.25) is 0 Å². The van der Waals surface area contributed by atoms with Gasteiger partial charge < -0.3 is 15.3 Å². The van der Waals surface area contributed by atoms with Crippen LogP contribution in [-0.2, 0) is 0 Å². The molecule has 2 fully saturated rings. The first-order valence-corrected chi connectivity index (χ1v) is 5.94. The maximum atomic E-state index is 10.4. The summed E-state index contributed by atoms with van der Waals surface area (Å²) in [6.07, 6.45) is 5.63. The lowest BCUT2D eigenvalue weighted by Crippen LogP contribution is -2.42. The van der Waals surface area contributed by atoms with E-state index in [1.807, 2.05) is 0 Å². The number of hydrogen-bond donors (Lipinski definition) is 2. The fourth-order valence-corrected chi connectivity index (χ4v) is 2.63. The van der Waals surface area contributed by atoms with Gasteiger partial charge in [-0.3, -0.25) is 0 Å². The topological polar surface area (TPSA) is 35.5 Å². The van der Waals surface area contributed by atoms with Crippen molar-refractivity contribution in [3.63, 3.8) is 0 Å². The molecule has 3 heteroatoms. The highest BCUT2D eigenvalue weighted by molar-refractivity contribution is 4.86. The van der Waals surface area contributed by atoms with E-state index in [1.165, 1.54) is 25.9 Å². The second-order valence-corrected chi connectivity index (χ2v) is 4.81. The van der Waals surface area contributed by atoms with Crippen LogP contribution in [0.1, 0.15) is 32.1 Å². The average molecular weight is 198 g/mol. The molecular formula is C11H22N2O. The van der Waals surface area contributed by atoms with Gasteiger partial charge in [0.2, 0.25) is 0 Å². The minimum absolute atomic E-state index is 0.409. The lowest BCUT2D eigenvalue weighted by Gasteiger charge is -2.31. The highest BCUT2D eigenvalue weighted by Crippen LogP contribution is 2.22. The Kier molecular flexibility index (Phi) is 3.42. The van der Waals surface area contributed by atoms with Gasteiger partial charge >= 0.3 is 0 Å². The summed E-state index contributed by atoms with van der Waals surface area (Å²) in [6, 6.07) is 0. The van der Waals surface area contributed by atoms with Crippen molar-refractivity contribution in [3.8, 4) is 0 Å². The molecule has 2 heterocycles. The fraction of sp³-hybridized carbons (Fsp3) is 1.00. The van der Waals surface area contributed by atoms with E-state index < -0.39 is 5.60 Å². The molecule has 82 valence electrons. The molecule has 2 saturated heterocycles. The van der Waals surface area contributed by atoms with Crippen LogP contribution >= 0.6 is 0 Å². The molecule has 3 nitrogen and oxygen atoms in total. The molecule has 0 aromatic rings. The van der Waals surface area contributed by atoms with Crippen molar-refractivity contribution in [2.45, 2.75) is 37.7 Å². The maximum absolute atomic E-state index is 10.4. The number of β-amino-alcohol motifs (C(OH)–C–C–N with tert-alkyl or cyclic N) is 1. The predicted molar refractivity (Wildman–Crippen MR) is 57.3 cm³/mol. The zero-order valence-corrected chi connectivity index (χ0v) is 8.97. The monoisotopic (exact) mass is 198 g/mol. The average Bonchev–Trinajstić information content (AvgIpc) is 2.55. The number of hydrogen-bond acceptors (Lipinski definition) is 3. The lowest BCUT2D eigenvalue weighted by atomic mass is 9.94. The summed E-state index contributed by atoms with van der Waals surface area (Å²) < 4.78 is 0. The van der Waals surface area contributed by atoms with Crippen LogP contribution in [-0.4, -0.2) is 48.3 Å². The molecule has 14 heavy (non-hydrogen) atoms. The SMILES string of the molecule is O[C@]1(CN2CCCC2)CCCNCC1. The quantitative estimate of drug-likeness (QED) is 0.681. The van der Waals surface area contributed by atoms with E-state index in [4.69, 9.17) is 0 Å². The molecule has 2 aliphatic heterocycles. The number of nitrogens with zero attached hydrogens (tertiary/aromatic N) is 1. The third kappa shape index (κ3) is 2.69. The molecule has 2 N–H and O–H groups in total. The zero-order chi connectivity index (χ0) is 9.86. The Balaban J connectivity index is 1.85. The molecule has 0 saturated carbocycles. The zero-order valence-electron chi connectivity index (χ0n) is 8.97. The van der Waals surface area contributed by atoms with Gasteiger partial charge in [0.1, 0.15) is 0 Å². The normalized spacial score (nSPS) is 35.8. The van der Waals surface area contributed by atoms with Gasteiger partial charge in [0.05, 0.1) is 5.60 Å². The molecule has 0 bridgehead atoms. The Morgan fingerprint density at radius 2 is 1.86 bits per heavy atom. The Labute approximate surface area is 86.5 Å². The summed E-state index contributed by atoms with van der Waals surface area (Å²) in [6.45, 7) is 5.33. The summed E-state index contributed by atoms with van der Waals surface area (Å²) in [4.78, 5) is 2.42. The van der Waals surface area contributed by atoms with E-state index in [9.17, 15) is 5.11 Å². The van der Waals surface area contributed by atoms with Crippen LogP contribution in [0.5, 0.6) is 0 Å². The third-order valence-electron chi connectivity index (χ3n) is 3.48. The van der Waals surface area contributed by atoms with E-state index >= 15 is 0 Å². The summed E-state index contributed by atoms with van der Waals surface area (Å²) in [7, 11) is 0. The molecule has 0 unspecified atom stereocenters. The molecule has 0 amide bonds. The molecule has 0 aromatic carbocycles. The first kappa shape index (κ1) is 10.4. The minimum atomic E-state index is -0.409. The van der Waals surface area contributed by atoms with E-state index in [0.29, 0.717) is 0 Å². The Morgan fingerprint density at radius 1 is 1.07 bits per heavy atom. The van der Waals surface area contributed by atoms with Crippen LogP contribution in [0.15, 0.2) is 0 Å². The molecule has 0 radical (unpaired) electrons. The van der Waals surface area contributed by atoms with Crippen molar-refractivity contribution in [2.75, 3.05) is 32.7 Å². The molecule has 0 aliphatic carbocycles. The van der Waals surface area contributed by atoms with Gasteiger partial charge in [-0.15, -0.1) is 0 Å². The number of nitrogens with one attached hydrogen (secondary N) is 1. The van der Waals surface area contributed by atoms with Gasteiger partial charge in [0.25, 0.3) is 0 Å². The summed E-state index contributed by atoms with van der Waals surface area (Å²) >= 11 is 0. The Bertz CT molecular complexity index is 170. The van der Waals surface area contributed by atoms with Crippen molar-refractivity contribution in [1.82, 2.24) is 10.2 Å². The van der Waals surface area contributed by atoms with Gasteiger partial charge in [-0.05, 0) is 58.3 Å². The number of aliphatic hydroxyl groups is 1. The predicted octanol–water partition coefficient (Wildman–Crippen LogP) is 0.587. The molecule has 2 aliphatic rings.